The Morgan fingerprint density at radius 1 is 1.21 bits per heavy atom. The molecular formula is C19H15F4N5O5S. The third kappa shape index (κ3) is 5.14. The van der Waals surface area contributed by atoms with Crippen molar-refractivity contribution in [2.75, 3.05) is 11.1 Å². The molecule has 0 aliphatic rings. The molecule has 1 aromatic carbocycles. The summed E-state index contributed by atoms with van der Waals surface area (Å²) in [6.07, 6.45) is -5.84. The molecule has 0 bridgehead atoms. The van der Waals surface area contributed by atoms with Crippen molar-refractivity contribution in [3.05, 3.63) is 55.8 Å². The van der Waals surface area contributed by atoms with Crippen molar-refractivity contribution in [1.29, 1.82) is 0 Å². The number of carbonyl (C=O) groups is 2. The van der Waals surface area contributed by atoms with Crippen LogP contribution in [-0.4, -0.2) is 32.2 Å². The lowest BCUT2D eigenvalue weighted by Gasteiger charge is -2.10. The summed E-state index contributed by atoms with van der Waals surface area (Å²) in [7, 11) is 2.42. The smallest absolute Gasteiger partial charge is 0.403 e. The van der Waals surface area contributed by atoms with Gasteiger partial charge in [0, 0.05) is 25.0 Å². The van der Waals surface area contributed by atoms with E-state index in [-0.39, 0.29) is 22.2 Å². The van der Waals surface area contributed by atoms with E-state index in [1.165, 1.54) is 12.4 Å². The average Bonchev–Trinajstić information content (AvgIpc) is 3.19. The quantitative estimate of drug-likeness (QED) is 0.299. The van der Waals surface area contributed by atoms with E-state index >= 15 is 0 Å². The first-order valence-corrected chi connectivity index (χ1v) is 10.1. The van der Waals surface area contributed by atoms with E-state index < -0.39 is 52.9 Å². The van der Waals surface area contributed by atoms with Gasteiger partial charge in [-0.25, -0.2) is 14.2 Å². The van der Waals surface area contributed by atoms with Crippen LogP contribution in [0.4, 0.5) is 28.5 Å². The topological polar surface area (TPSA) is 138 Å². The maximum absolute atomic E-state index is 13.9. The molecule has 0 spiro atoms. The molecule has 0 atom stereocenters. The van der Waals surface area contributed by atoms with Gasteiger partial charge in [-0.05, 0) is 18.2 Å². The Balaban J connectivity index is 1.73. The number of anilines is 2. The first kappa shape index (κ1) is 24.6. The molecule has 0 aliphatic carbocycles. The van der Waals surface area contributed by atoms with Gasteiger partial charge in [0.25, 0.3) is 5.56 Å². The zero-order chi connectivity index (χ0) is 25.4. The number of benzene rings is 1. The van der Waals surface area contributed by atoms with Gasteiger partial charge in [-0.1, -0.05) is 0 Å². The minimum absolute atomic E-state index is 0.00478. The summed E-state index contributed by atoms with van der Waals surface area (Å²) in [4.78, 5) is 52.8. The largest absolute Gasteiger partial charge is 0.573 e. The van der Waals surface area contributed by atoms with Crippen LogP contribution in [0, 0.1) is 5.82 Å². The number of hydrogen-bond donors (Lipinski definition) is 2. The Kier molecular flexibility index (Phi) is 6.58. The molecule has 10 nitrogen and oxygen atoms in total. The van der Waals surface area contributed by atoms with Crippen LogP contribution >= 0.6 is 11.3 Å². The molecule has 0 radical (unpaired) electrons. The molecule has 2 heterocycles. The van der Waals surface area contributed by atoms with Gasteiger partial charge < -0.3 is 15.8 Å². The van der Waals surface area contributed by atoms with E-state index in [4.69, 9.17) is 5.73 Å². The standard InChI is InChI=1S/C19H15F4N5O5S/c1-27-15(24)14(16(31)28(2)18(27)32)11(29)6-13(30)26-17-25-10(7-34-17)8-3-4-12(9(20)5-8)33-19(21,22)23/h3-5,7H,6,24H2,1-2H3,(H,25,26,30). The van der Waals surface area contributed by atoms with Gasteiger partial charge in [0.2, 0.25) is 5.91 Å². The van der Waals surface area contributed by atoms with E-state index in [9.17, 15) is 36.7 Å². The monoisotopic (exact) mass is 501 g/mol. The summed E-state index contributed by atoms with van der Waals surface area (Å²) in [6, 6.07) is 2.71. The second-order valence-corrected chi connectivity index (χ2v) is 7.70. The van der Waals surface area contributed by atoms with Crippen LogP contribution in [0.25, 0.3) is 11.3 Å². The summed E-state index contributed by atoms with van der Waals surface area (Å²) in [5.41, 5.74) is 3.73. The second kappa shape index (κ2) is 9.09. The van der Waals surface area contributed by atoms with Crippen molar-refractivity contribution >= 4 is 34.0 Å². The number of carbonyl (C=O) groups excluding carboxylic acids is 2. The fraction of sp³-hybridized carbons (Fsp3) is 0.211. The van der Waals surface area contributed by atoms with Crippen molar-refractivity contribution in [3.8, 4) is 17.0 Å². The van der Waals surface area contributed by atoms with Gasteiger partial charge in [-0.3, -0.25) is 23.5 Å². The van der Waals surface area contributed by atoms with Crippen molar-refractivity contribution in [2.45, 2.75) is 12.8 Å². The molecule has 3 aromatic rings. The van der Waals surface area contributed by atoms with Gasteiger partial charge in [-0.15, -0.1) is 24.5 Å². The first-order valence-electron chi connectivity index (χ1n) is 9.18. The zero-order valence-corrected chi connectivity index (χ0v) is 18.2. The van der Waals surface area contributed by atoms with Crippen molar-refractivity contribution in [2.24, 2.45) is 14.1 Å². The maximum atomic E-state index is 13.9. The highest BCUT2D eigenvalue weighted by Gasteiger charge is 2.32. The second-order valence-electron chi connectivity index (χ2n) is 6.85. The summed E-state index contributed by atoms with van der Waals surface area (Å²) in [5.74, 6) is -4.44. The predicted octanol–water partition coefficient (Wildman–Crippen LogP) is 2.04. The number of nitrogens with two attached hydrogens (primary N) is 1. The maximum Gasteiger partial charge on any atom is 0.573 e. The van der Waals surface area contributed by atoms with E-state index in [1.807, 2.05) is 0 Å². The molecule has 2 aromatic heterocycles. The molecule has 3 N–H and O–H groups in total. The number of nitrogens with zero attached hydrogens (tertiary/aromatic N) is 3. The minimum Gasteiger partial charge on any atom is -0.403 e. The molecular weight excluding hydrogens is 486 g/mol. The van der Waals surface area contributed by atoms with Gasteiger partial charge in [0.1, 0.15) is 11.4 Å². The van der Waals surface area contributed by atoms with Crippen molar-refractivity contribution in [1.82, 2.24) is 14.1 Å². The van der Waals surface area contributed by atoms with Gasteiger partial charge >= 0.3 is 12.1 Å². The number of nitrogens with one attached hydrogen (secondary N) is 1. The molecule has 0 fully saturated rings. The average molecular weight is 501 g/mol. The summed E-state index contributed by atoms with van der Waals surface area (Å²) in [5, 5.41) is 3.74. The SMILES string of the molecule is Cn1c(N)c(C(=O)CC(=O)Nc2nc(-c3ccc(OC(F)(F)F)c(F)c3)cs2)c(=O)n(C)c1=O. The Morgan fingerprint density at radius 3 is 2.50 bits per heavy atom. The van der Waals surface area contributed by atoms with Gasteiger partial charge in [0.05, 0.1) is 12.1 Å². The minimum atomic E-state index is -5.05. The lowest BCUT2D eigenvalue weighted by molar-refractivity contribution is -0.275. The lowest BCUT2D eigenvalue weighted by Crippen LogP contribution is -2.42. The normalized spacial score (nSPS) is 11.4. The first-order chi connectivity index (χ1) is 15.8. The summed E-state index contributed by atoms with van der Waals surface area (Å²) < 4.78 is 55.8. The molecule has 34 heavy (non-hydrogen) atoms. The summed E-state index contributed by atoms with van der Waals surface area (Å²) in [6.45, 7) is 0. The van der Waals surface area contributed by atoms with Crippen molar-refractivity contribution < 1.29 is 31.9 Å². The zero-order valence-electron chi connectivity index (χ0n) is 17.4. The number of Topliss-reactive ketones (excluding diaryl/α,β-unsaturated/α-hetero) is 1. The van der Waals surface area contributed by atoms with E-state index in [0.29, 0.717) is 4.57 Å². The van der Waals surface area contributed by atoms with Crippen molar-refractivity contribution in [3.63, 3.8) is 0 Å². The van der Waals surface area contributed by atoms with Crippen LogP contribution in [0.3, 0.4) is 0 Å². The van der Waals surface area contributed by atoms with Crippen LogP contribution in [-0.2, 0) is 18.9 Å². The Morgan fingerprint density at radius 2 is 1.88 bits per heavy atom. The molecule has 0 saturated heterocycles. The highest BCUT2D eigenvalue weighted by atomic mass is 32.1. The third-order valence-corrected chi connectivity index (χ3v) is 5.27. The van der Waals surface area contributed by atoms with E-state index in [0.717, 1.165) is 41.2 Å². The Labute approximate surface area is 191 Å². The molecule has 15 heteroatoms. The highest BCUT2D eigenvalue weighted by Crippen LogP contribution is 2.31. The van der Waals surface area contributed by atoms with Crippen LogP contribution in [0.15, 0.2) is 33.2 Å². The number of ketones is 1. The molecule has 0 unspecified atom stereocenters. The summed E-state index contributed by atoms with van der Waals surface area (Å²) >= 11 is 0.905. The Hall–Kier alpha value is -4.01. The number of halogens is 4. The number of thiazole rings is 1. The number of hydrogen-bond acceptors (Lipinski definition) is 8. The highest BCUT2D eigenvalue weighted by molar-refractivity contribution is 7.14. The molecule has 180 valence electrons. The van der Waals surface area contributed by atoms with Gasteiger partial charge in [0.15, 0.2) is 22.5 Å². The fourth-order valence-corrected chi connectivity index (χ4v) is 3.59. The third-order valence-electron chi connectivity index (χ3n) is 4.51. The number of ether oxygens (including phenoxy) is 1. The molecule has 1 amide bonds. The molecule has 0 aliphatic heterocycles. The number of alkyl halides is 3. The molecule has 0 saturated carbocycles. The van der Waals surface area contributed by atoms with Crippen LogP contribution in [0.1, 0.15) is 16.8 Å². The van der Waals surface area contributed by atoms with Crippen LogP contribution in [0.2, 0.25) is 0 Å². The van der Waals surface area contributed by atoms with E-state index in [2.05, 4.69) is 15.0 Å². The number of aromatic nitrogens is 3. The number of amides is 1. The Bertz CT molecular complexity index is 1410. The van der Waals surface area contributed by atoms with E-state index in [1.54, 1.807) is 0 Å². The van der Waals surface area contributed by atoms with Crippen LogP contribution in [0.5, 0.6) is 5.75 Å². The van der Waals surface area contributed by atoms with Crippen LogP contribution < -0.4 is 27.0 Å². The van der Waals surface area contributed by atoms with Gasteiger partial charge in [-0.2, -0.15) is 0 Å². The number of rotatable bonds is 6. The predicted molar refractivity (Wildman–Crippen MR) is 113 cm³/mol. The number of nitrogen functional groups attached to an aromatic ring is 1. The lowest BCUT2D eigenvalue weighted by atomic mass is 10.1. The fourth-order valence-electron chi connectivity index (χ4n) is 2.85. The molecule has 3 rings (SSSR count).